The Morgan fingerprint density at radius 2 is 2.00 bits per heavy atom. The third kappa shape index (κ3) is 3.08. The van der Waals surface area contributed by atoms with Gasteiger partial charge in [-0.15, -0.1) is 0 Å². The van der Waals surface area contributed by atoms with E-state index in [1.165, 1.54) is 0 Å². The number of hydrogen-bond donors (Lipinski definition) is 2. The average molecular weight is 362 g/mol. The SMILES string of the molecule is Cc1ccc(C2Nc3ccccc3C(=O)N2CCO)c(-c2cnn(C)c2)c1. The minimum atomic E-state index is -0.365. The Bertz CT molecular complexity index is 995. The fourth-order valence-electron chi connectivity index (χ4n) is 3.60. The number of benzene rings is 2. The first-order valence-corrected chi connectivity index (χ1v) is 8.95. The zero-order valence-corrected chi connectivity index (χ0v) is 15.4. The predicted octanol–water partition coefficient (Wildman–Crippen LogP) is 2.95. The number of amides is 1. The average Bonchev–Trinajstić information content (AvgIpc) is 3.10. The molecule has 6 heteroatoms. The molecule has 0 saturated carbocycles. The van der Waals surface area contributed by atoms with Crippen molar-refractivity contribution in [3.05, 3.63) is 71.5 Å². The molecule has 0 bridgehead atoms. The van der Waals surface area contributed by atoms with Crippen LogP contribution in [-0.4, -0.2) is 38.8 Å². The lowest BCUT2D eigenvalue weighted by Gasteiger charge is -2.38. The van der Waals surface area contributed by atoms with Crippen LogP contribution in [0.2, 0.25) is 0 Å². The molecule has 1 amide bonds. The lowest BCUT2D eigenvalue weighted by molar-refractivity contribution is 0.0641. The van der Waals surface area contributed by atoms with Gasteiger partial charge in [0.1, 0.15) is 6.17 Å². The highest BCUT2D eigenvalue weighted by molar-refractivity contribution is 6.02. The molecule has 4 rings (SSSR count). The third-order valence-electron chi connectivity index (χ3n) is 4.88. The highest BCUT2D eigenvalue weighted by Gasteiger charge is 2.33. The van der Waals surface area contributed by atoms with Crippen LogP contribution in [0.1, 0.15) is 27.7 Å². The smallest absolute Gasteiger partial charge is 0.257 e. The number of para-hydroxylation sites is 1. The van der Waals surface area contributed by atoms with E-state index in [2.05, 4.69) is 16.5 Å². The summed E-state index contributed by atoms with van der Waals surface area (Å²) in [6.07, 6.45) is 3.43. The van der Waals surface area contributed by atoms with Gasteiger partial charge in [0.15, 0.2) is 0 Å². The van der Waals surface area contributed by atoms with Gasteiger partial charge in [-0.05, 0) is 24.6 Å². The van der Waals surface area contributed by atoms with E-state index < -0.39 is 0 Å². The normalized spacial score (nSPS) is 16.2. The van der Waals surface area contributed by atoms with Gasteiger partial charge in [-0.2, -0.15) is 5.10 Å². The van der Waals surface area contributed by atoms with E-state index in [1.54, 1.807) is 9.58 Å². The molecule has 138 valence electrons. The molecule has 1 aromatic heterocycles. The van der Waals surface area contributed by atoms with E-state index in [1.807, 2.05) is 62.8 Å². The van der Waals surface area contributed by atoms with E-state index in [-0.39, 0.29) is 25.2 Å². The van der Waals surface area contributed by atoms with Crippen molar-refractivity contribution in [2.75, 3.05) is 18.5 Å². The van der Waals surface area contributed by atoms with Crippen molar-refractivity contribution < 1.29 is 9.90 Å². The number of carbonyl (C=O) groups excluding carboxylic acids is 1. The second-order valence-corrected chi connectivity index (χ2v) is 6.81. The van der Waals surface area contributed by atoms with Crippen LogP contribution in [-0.2, 0) is 7.05 Å². The molecule has 2 N–H and O–H groups in total. The number of aliphatic hydroxyl groups is 1. The molecule has 3 aromatic rings. The zero-order chi connectivity index (χ0) is 19.0. The van der Waals surface area contributed by atoms with E-state index in [4.69, 9.17) is 0 Å². The summed E-state index contributed by atoms with van der Waals surface area (Å²) < 4.78 is 1.77. The molecule has 1 unspecified atom stereocenters. The number of nitrogens with zero attached hydrogens (tertiary/aromatic N) is 3. The van der Waals surface area contributed by atoms with Gasteiger partial charge < -0.3 is 15.3 Å². The largest absolute Gasteiger partial charge is 0.395 e. The highest BCUT2D eigenvalue weighted by atomic mass is 16.3. The molecule has 0 spiro atoms. The fraction of sp³-hybridized carbons (Fsp3) is 0.238. The molecule has 2 heterocycles. The van der Waals surface area contributed by atoms with Gasteiger partial charge >= 0.3 is 0 Å². The van der Waals surface area contributed by atoms with Gasteiger partial charge in [0.25, 0.3) is 5.91 Å². The Labute approximate surface area is 158 Å². The number of aryl methyl sites for hydroxylation is 2. The maximum Gasteiger partial charge on any atom is 0.257 e. The summed E-state index contributed by atoms with van der Waals surface area (Å²) in [4.78, 5) is 14.8. The van der Waals surface area contributed by atoms with Gasteiger partial charge in [0, 0.05) is 36.6 Å². The number of β-amino-alcohol motifs (C(OH)–C–C–N with tert-alkyl or cyclic N) is 1. The van der Waals surface area contributed by atoms with Crippen molar-refractivity contribution in [3.63, 3.8) is 0 Å². The van der Waals surface area contributed by atoms with Crippen LogP contribution in [0.4, 0.5) is 5.69 Å². The number of anilines is 1. The van der Waals surface area contributed by atoms with Crippen molar-refractivity contribution in [1.82, 2.24) is 14.7 Å². The maximum atomic E-state index is 13.1. The molecule has 0 aliphatic carbocycles. The molecular formula is C21H22N4O2. The number of aliphatic hydroxyl groups excluding tert-OH is 1. The summed E-state index contributed by atoms with van der Waals surface area (Å²) in [6.45, 7) is 2.20. The number of hydrogen-bond acceptors (Lipinski definition) is 4. The summed E-state index contributed by atoms with van der Waals surface area (Å²) in [5.74, 6) is -0.0823. The third-order valence-corrected chi connectivity index (χ3v) is 4.88. The number of nitrogens with one attached hydrogen (secondary N) is 1. The summed E-state index contributed by atoms with van der Waals surface area (Å²) in [7, 11) is 1.88. The van der Waals surface area contributed by atoms with Gasteiger partial charge in [-0.25, -0.2) is 0 Å². The van der Waals surface area contributed by atoms with Crippen molar-refractivity contribution in [1.29, 1.82) is 0 Å². The summed E-state index contributed by atoms with van der Waals surface area (Å²) >= 11 is 0. The molecular weight excluding hydrogens is 340 g/mol. The summed E-state index contributed by atoms with van der Waals surface area (Å²) in [5.41, 5.74) is 5.55. The Balaban J connectivity index is 1.85. The van der Waals surface area contributed by atoms with Crippen LogP contribution >= 0.6 is 0 Å². The van der Waals surface area contributed by atoms with E-state index in [0.717, 1.165) is 27.9 Å². The van der Waals surface area contributed by atoms with Crippen LogP contribution in [0, 0.1) is 6.92 Å². The van der Waals surface area contributed by atoms with Gasteiger partial charge in [-0.1, -0.05) is 35.9 Å². The Morgan fingerprint density at radius 1 is 1.19 bits per heavy atom. The van der Waals surface area contributed by atoms with E-state index in [9.17, 15) is 9.90 Å². The number of carbonyl (C=O) groups is 1. The monoisotopic (exact) mass is 362 g/mol. The predicted molar refractivity (Wildman–Crippen MR) is 104 cm³/mol. The minimum Gasteiger partial charge on any atom is -0.395 e. The number of rotatable bonds is 4. The molecule has 0 radical (unpaired) electrons. The van der Waals surface area contributed by atoms with E-state index >= 15 is 0 Å². The molecule has 1 atom stereocenters. The van der Waals surface area contributed by atoms with Gasteiger partial charge in [0.05, 0.1) is 18.4 Å². The first kappa shape index (κ1) is 17.3. The first-order chi connectivity index (χ1) is 13.1. The second-order valence-electron chi connectivity index (χ2n) is 6.81. The lowest BCUT2D eigenvalue weighted by atomic mass is 9.95. The number of fused-ring (bicyclic) bond motifs is 1. The first-order valence-electron chi connectivity index (χ1n) is 8.95. The standard InChI is InChI=1S/C21H22N4O2/c1-14-7-8-16(18(11-14)15-12-22-24(2)13-15)20-23-19-6-4-3-5-17(19)21(27)25(20)9-10-26/h3-8,11-13,20,23,26H,9-10H2,1-2H3. The fourth-order valence-corrected chi connectivity index (χ4v) is 3.60. The lowest BCUT2D eigenvalue weighted by Crippen LogP contribution is -2.44. The Kier molecular flexibility index (Phi) is 4.41. The van der Waals surface area contributed by atoms with Crippen LogP contribution in [0.3, 0.4) is 0 Å². The highest BCUT2D eigenvalue weighted by Crippen LogP contribution is 2.37. The van der Waals surface area contributed by atoms with Crippen LogP contribution in [0.15, 0.2) is 54.9 Å². The number of aromatic nitrogens is 2. The minimum absolute atomic E-state index is 0.0823. The molecule has 1 aliphatic rings. The summed E-state index contributed by atoms with van der Waals surface area (Å²) in [5, 5.41) is 17.3. The maximum absolute atomic E-state index is 13.1. The van der Waals surface area contributed by atoms with Gasteiger partial charge in [-0.3, -0.25) is 9.48 Å². The van der Waals surface area contributed by atoms with Gasteiger partial charge in [0.2, 0.25) is 0 Å². The summed E-state index contributed by atoms with van der Waals surface area (Å²) in [6, 6.07) is 13.7. The van der Waals surface area contributed by atoms with Crippen LogP contribution in [0.5, 0.6) is 0 Å². The molecule has 0 saturated heterocycles. The van der Waals surface area contributed by atoms with Crippen molar-refractivity contribution in [2.24, 2.45) is 7.05 Å². The molecule has 0 fully saturated rings. The molecule has 6 nitrogen and oxygen atoms in total. The van der Waals surface area contributed by atoms with Crippen molar-refractivity contribution in [2.45, 2.75) is 13.1 Å². The quantitative estimate of drug-likeness (QED) is 0.749. The van der Waals surface area contributed by atoms with Crippen molar-refractivity contribution >= 4 is 11.6 Å². The topological polar surface area (TPSA) is 70.4 Å². The Hall–Kier alpha value is -3.12. The van der Waals surface area contributed by atoms with Crippen LogP contribution < -0.4 is 5.32 Å². The zero-order valence-electron chi connectivity index (χ0n) is 15.4. The van der Waals surface area contributed by atoms with Crippen LogP contribution in [0.25, 0.3) is 11.1 Å². The van der Waals surface area contributed by atoms with Crippen molar-refractivity contribution in [3.8, 4) is 11.1 Å². The molecule has 1 aliphatic heterocycles. The second kappa shape index (κ2) is 6.89. The Morgan fingerprint density at radius 3 is 2.74 bits per heavy atom. The molecule has 27 heavy (non-hydrogen) atoms. The van der Waals surface area contributed by atoms with E-state index in [0.29, 0.717) is 5.56 Å². The molecule has 2 aromatic carbocycles.